The van der Waals surface area contributed by atoms with Crippen LogP contribution in [0.3, 0.4) is 0 Å². The predicted molar refractivity (Wildman–Crippen MR) is 135 cm³/mol. The number of ether oxygens (including phenoxy) is 3. The lowest BCUT2D eigenvalue weighted by Gasteiger charge is -2.14. The molecule has 4 rings (SSSR count). The molecule has 3 aromatic rings. The molecule has 2 amide bonds. The molecule has 0 atom stereocenters. The van der Waals surface area contributed by atoms with Crippen LogP contribution in [0.4, 0.5) is 10.5 Å². The van der Waals surface area contributed by atoms with Crippen LogP contribution in [0, 0.1) is 10.1 Å². The Morgan fingerprint density at radius 1 is 0.972 bits per heavy atom. The van der Waals surface area contributed by atoms with Crippen molar-refractivity contribution < 1.29 is 28.7 Å². The summed E-state index contributed by atoms with van der Waals surface area (Å²) in [5.41, 5.74) is 1.09. The zero-order valence-electron chi connectivity index (χ0n) is 19.3. The molecule has 1 aliphatic rings. The lowest BCUT2D eigenvalue weighted by Crippen LogP contribution is -2.32. The zero-order valence-corrected chi connectivity index (χ0v) is 20.1. The Bertz CT molecular complexity index is 1320. The second-order valence-corrected chi connectivity index (χ2v) is 8.57. The molecule has 9 nitrogen and oxygen atoms in total. The van der Waals surface area contributed by atoms with Crippen molar-refractivity contribution in [3.63, 3.8) is 0 Å². The molecule has 0 aliphatic carbocycles. The first-order valence-corrected chi connectivity index (χ1v) is 11.7. The number of hydrogen-bond donors (Lipinski definition) is 0. The van der Waals surface area contributed by atoms with Crippen LogP contribution in [0.25, 0.3) is 6.08 Å². The second kappa shape index (κ2) is 11.4. The number of imide groups is 1. The molecule has 0 aromatic heterocycles. The number of nitro groups is 1. The smallest absolute Gasteiger partial charge is 0.293 e. The maximum atomic E-state index is 12.8. The molecule has 184 valence electrons. The van der Waals surface area contributed by atoms with Crippen LogP contribution in [-0.2, 0) is 11.4 Å². The number of carbonyl (C=O) groups excluding carboxylic acids is 2. The Kier molecular flexibility index (Phi) is 7.86. The van der Waals surface area contributed by atoms with Gasteiger partial charge in [0.25, 0.3) is 16.8 Å². The van der Waals surface area contributed by atoms with Gasteiger partial charge >= 0.3 is 0 Å². The number of hydrogen-bond acceptors (Lipinski definition) is 8. The Balaban J connectivity index is 1.39. The summed E-state index contributed by atoms with van der Waals surface area (Å²) in [7, 11) is 1.54. The number of amides is 2. The van der Waals surface area contributed by atoms with Crippen LogP contribution in [-0.4, -0.2) is 41.2 Å². The van der Waals surface area contributed by atoms with Crippen molar-refractivity contribution >= 4 is 34.7 Å². The summed E-state index contributed by atoms with van der Waals surface area (Å²) in [6, 6.07) is 20.4. The molecule has 1 aliphatic heterocycles. The summed E-state index contributed by atoms with van der Waals surface area (Å²) in [4.78, 5) is 37.4. The van der Waals surface area contributed by atoms with E-state index < -0.39 is 10.8 Å². The Morgan fingerprint density at radius 2 is 1.72 bits per heavy atom. The van der Waals surface area contributed by atoms with Crippen molar-refractivity contribution in [3.05, 3.63) is 98.9 Å². The summed E-state index contributed by atoms with van der Waals surface area (Å²) in [6.07, 6.45) is 1.61. The maximum absolute atomic E-state index is 12.8. The number of benzene rings is 3. The molecule has 1 heterocycles. The number of rotatable bonds is 10. The van der Waals surface area contributed by atoms with Crippen molar-refractivity contribution in [2.75, 3.05) is 20.3 Å². The van der Waals surface area contributed by atoms with E-state index in [9.17, 15) is 19.7 Å². The zero-order chi connectivity index (χ0) is 25.5. The fourth-order valence-electron chi connectivity index (χ4n) is 3.50. The highest BCUT2D eigenvalue weighted by molar-refractivity contribution is 8.18. The molecular weight excluding hydrogens is 484 g/mol. The highest BCUT2D eigenvalue weighted by atomic mass is 32.2. The standard InChI is InChI=1S/C26H22N2O7S/c1-33-22-11-4-5-12-23(22)34-14-13-27-25(29)24(36-26(27)30)16-18-7-6-9-20(15-18)35-17-19-8-2-3-10-21(19)28(31)32/h2-12,15-16H,13-14,17H2,1H3/b24-16-. The number of methoxy groups -OCH3 is 1. The highest BCUT2D eigenvalue weighted by Crippen LogP contribution is 2.33. The van der Waals surface area contributed by atoms with E-state index in [4.69, 9.17) is 14.2 Å². The maximum Gasteiger partial charge on any atom is 0.293 e. The summed E-state index contributed by atoms with van der Waals surface area (Å²) < 4.78 is 16.7. The second-order valence-electron chi connectivity index (χ2n) is 7.58. The lowest BCUT2D eigenvalue weighted by molar-refractivity contribution is -0.385. The van der Waals surface area contributed by atoms with Crippen molar-refractivity contribution in [1.82, 2.24) is 4.90 Å². The third-order valence-electron chi connectivity index (χ3n) is 5.25. The van der Waals surface area contributed by atoms with Gasteiger partial charge in [-0.15, -0.1) is 0 Å². The van der Waals surface area contributed by atoms with Gasteiger partial charge < -0.3 is 14.2 Å². The number of thioether (sulfide) groups is 1. The van der Waals surface area contributed by atoms with Crippen LogP contribution in [0.15, 0.2) is 77.7 Å². The Morgan fingerprint density at radius 3 is 2.50 bits per heavy atom. The minimum Gasteiger partial charge on any atom is -0.493 e. The number of nitro benzene ring substituents is 1. The van der Waals surface area contributed by atoms with Gasteiger partial charge in [-0.05, 0) is 53.7 Å². The molecule has 0 saturated carbocycles. The van der Waals surface area contributed by atoms with Crippen LogP contribution < -0.4 is 14.2 Å². The third-order valence-corrected chi connectivity index (χ3v) is 6.16. The van der Waals surface area contributed by atoms with Crippen molar-refractivity contribution in [2.45, 2.75) is 6.61 Å². The van der Waals surface area contributed by atoms with E-state index in [0.717, 1.165) is 16.7 Å². The number of nitrogens with zero attached hydrogens (tertiary/aromatic N) is 2. The van der Waals surface area contributed by atoms with E-state index in [0.29, 0.717) is 28.4 Å². The Hall–Kier alpha value is -4.31. The summed E-state index contributed by atoms with van der Waals surface area (Å²) in [5.74, 6) is 1.17. The van der Waals surface area contributed by atoms with Gasteiger partial charge in [0, 0.05) is 6.07 Å². The lowest BCUT2D eigenvalue weighted by atomic mass is 10.2. The quantitative estimate of drug-likeness (QED) is 0.207. The van der Waals surface area contributed by atoms with E-state index in [1.807, 2.05) is 6.07 Å². The van der Waals surface area contributed by atoms with E-state index in [1.165, 1.54) is 13.2 Å². The summed E-state index contributed by atoms with van der Waals surface area (Å²) in [6.45, 7) is 0.239. The van der Waals surface area contributed by atoms with Gasteiger partial charge in [0.1, 0.15) is 19.0 Å². The topological polar surface area (TPSA) is 108 Å². The largest absolute Gasteiger partial charge is 0.493 e. The molecule has 1 fully saturated rings. The van der Waals surface area contributed by atoms with Crippen LogP contribution in [0.1, 0.15) is 11.1 Å². The molecule has 3 aromatic carbocycles. The molecule has 0 spiro atoms. The van der Waals surface area contributed by atoms with Crippen LogP contribution in [0.2, 0.25) is 0 Å². The van der Waals surface area contributed by atoms with Crippen molar-refractivity contribution in [3.8, 4) is 17.2 Å². The van der Waals surface area contributed by atoms with E-state index in [-0.39, 0.29) is 35.6 Å². The number of carbonyl (C=O) groups is 2. The predicted octanol–water partition coefficient (Wildman–Crippen LogP) is 5.30. The van der Waals surface area contributed by atoms with Gasteiger partial charge in [0.2, 0.25) is 0 Å². The van der Waals surface area contributed by atoms with Gasteiger partial charge in [0.05, 0.1) is 29.0 Å². The first kappa shape index (κ1) is 24.8. The van der Waals surface area contributed by atoms with E-state index in [1.54, 1.807) is 66.7 Å². The Labute approximate surface area is 211 Å². The fourth-order valence-corrected chi connectivity index (χ4v) is 4.36. The van der Waals surface area contributed by atoms with E-state index in [2.05, 4.69) is 0 Å². The molecule has 0 bridgehead atoms. The molecule has 36 heavy (non-hydrogen) atoms. The van der Waals surface area contributed by atoms with Crippen LogP contribution >= 0.6 is 11.8 Å². The summed E-state index contributed by atoms with van der Waals surface area (Å²) >= 11 is 0.854. The first-order valence-electron chi connectivity index (χ1n) is 10.9. The minimum absolute atomic E-state index is 0.0167. The van der Waals surface area contributed by atoms with Crippen molar-refractivity contribution in [1.29, 1.82) is 0 Å². The molecule has 0 radical (unpaired) electrons. The monoisotopic (exact) mass is 506 g/mol. The third kappa shape index (κ3) is 5.84. The first-order chi connectivity index (χ1) is 17.5. The average Bonchev–Trinajstić information content (AvgIpc) is 3.15. The molecular formula is C26H22N2O7S. The van der Waals surface area contributed by atoms with Gasteiger partial charge in [0.15, 0.2) is 11.5 Å². The van der Waals surface area contributed by atoms with Crippen molar-refractivity contribution in [2.24, 2.45) is 0 Å². The molecule has 0 N–H and O–H groups in total. The molecule has 0 unspecified atom stereocenters. The SMILES string of the molecule is COc1ccccc1OCCN1C(=O)S/C(=C\c2cccc(OCc3ccccc3[N+](=O)[O-])c2)C1=O. The van der Waals surface area contributed by atoms with E-state index >= 15 is 0 Å². The number of para-hydroxylation sites is 3. The summed E-state index contributed by atoms with van der Waals surface area (Å²) in [5, 5.41) is 10.8. The van der Waals surface area contributed by atoms with Gasteiger partial charge in [-0.3, -0.25) is 24.6 Å². The van der Waals surface area contributed by atoms with Gasteiger partial charge in [-0.2, -0.15) is 0 Å². The average molecular weight is 507 g/mol. The van der Waals surface area contributed by atoms with Crippen LogP contribution in [0.5, 0.6) is 17.2 Å². The van der Waals surface area contributed by atoms with Gasteiger partial charge in [-0.1, -0.05) is 36.4 Å². The van der Waals surface area contributed by atoms with Gasteiger partial charge in [-0.25, -0.2) is 0 Å². The normalized spacial score (nSPS) is 14.2. The fraction of sp³-hybridized carbons (Fsp3) is 0.154. The molecule has 10 heteroatoms. The highest BCUT2D eigenvalue weighted by Gasteiger charge is 2.34. The minimum atomic E-state index is -0.452. The molecule has 1 saturated heterocycles.